The summed E-state index contributed by atoms with van der Waals surface area (Å²) in [4.78, 5) is 0.144. The number of nitrogens with zero attached hydrogens (tertiary/aromatic N) is 2. The standard InChI is InChI=1S/C21H28N2O6S2/c1-5-22(6-2)30(24,25)18-7-9-19(10-8-18)31(26,27)23-12-11-16-13-20(28-3)21(29-4)14-17(16)15-23/h7-10,13-14H,5-6,11-12,15H2,1-4H3. The Morgan fingerprint density at radius 2 is 1.39 bits per heavy atom. The minimum atomic E-state index is -3.78. The van der Waals surface area contributed by atoms with Gasteiger partial charge in [0.1, 0.15) is 0 Å². The van der Waals surface area contributed by atoms with E-state index in [4.69, 9.17) is 9.47 Å². The maximum Gasteiger partial charge on any atom is 0.243 e. The van der Waals surface area contributed by atoms with Crippen LogP contribution < -0.4 is 9.47 Å². The fourth-order valence-corrected chi connectivity index (χ4v) is 6.58. The lowest BCUT2D eigenvalue weighted by Crippen LogP contribution is -2.36. The number of methoxy groups -OCH3 is 2. The molecule has 0 aromatic heterocycles. The predicted molar refractivity (Wildman–Crippen MR) is 117 cm³/mol. The first-order valence-electron chi connectivity index (χ1n) is 10.0. The first kappa shape index (κ1) is 23.5. The van der Waals surface area contributed by atoms with E-state index in [1.165, 1.54) is 40.0 Å². The Morgan fingerprint density at radius 3 is 1.90 bits per heavy atom. The number of hydrogen-bond donors (Lipinski definition) is 0. The van der Waals surface area contributed by atoms with Gasteiger partial charge in [-0.3, -0.25) is 0 Å². The van der Waals surface area contributed by atoms with Crippen molar-refractivity contribution < 1.29 is 26.3 Å². The first-order valence-corrected chi connectivity index (χ1v) is 12.9. The topological polar surface area (TPSA) is 93.2 Å². The Balaban J connectivity index is 1.88. The summed E-state index contributed by atoms with van der Waals surface area (Å²) in [5.41, 5.74) is 1.87. The van der Waals surface area contributed by atoms with Crippen LogP contribution in [0, 0.1) is 0 Å². The smallest absolute Gasteiger partial charge is 0.243 e. The van der Waals surface area contributed by atoms with Gasteiger partial charge in [0.05, 0.1) is 24.0 Å². The Bertz CT molecular complexity index is 1140. The van der Waals surface area contributed by atoms with Gasteiger partial charge in [-0.1, -0.05) is 13.8 Å². The fraction of sp³-hybridized carbons (Fsp3) is 0.429. The van der Waals surface area contributed by atoms with E-state index in [1.807, 2.05) is 6.07 Å². The molecular formula is C21H28N2O6S2. The summed E-state index contributed by atoms with van der Waals surface area (Å²) < 4.78 is 65.1. The van der Waals surface area contributed by atoms with Crippen LogP contribution in [0.5, 0.6) is 11.5 Å². The highest BCUT2D eigenvalue weighted by atomic mass is 32.2. The van der Waals surface area contributed by atoms with E-state index in [2.05, 4.69) is 0 Å². The minimum absolute atomic E-state index is 0.0647. The third-order valence-corrected chi connectivity index (χ3v) is 9.41. The van der Waals surface area contributed by atoms with E-state index >= 15 is 0 Å². The van der Waals surface area contributed by atoms with E-state index in [9.17, 15) is 16.8 Å². The number of fused-ring (bicyclic) bond motifs is 1. The van der Waals surface area contributed by atoms with Crippen molar-refractivity contribution in [3.8, 4) is 11.5 Å². The van der Waals surface area contributed by atoms with Crippen molar-refractivity contribution in [2.24, 2.45) is 0 Å². The molecular weight excluding hydrogens is 440 g/mol. The van der Waals surface area contributed by atoms with Crippen LogP contribution in [-0.4, -0.2) is 59.3 Å². The van der Waals surface area contributed by atoms with Crippen molar-refractivity contribution >= 4 is 20.0 Å². The van der Waals surface area contributed by atoms with Gasteiger partial charge in [0, 0.05) is 26.2 Å². The zero-order chi connectivity index (χ0) is 22.8. The fourth-order valence-electron chi connectivity index (χ4n) is 3.71. The molecule has 1 aliphatic rings. The average Bonchev–Trinajstić information content (AvgIpc) is 2.78. The molecule has 1 aliphatic heterocycles. The Kier molecular flexibility index (Phi) is 6.95. The van der Waals surface area contributed by atoms with Gasteiger partial charge in [-0.15, -0.1) is 0 Å². The summed E-state index contributed by atoms with van der Waals surface area (Å²) in [6, 6.07) is 9.10. The molecule has 0 fully saturated rings. The molecule has 0 N–H and O–H groups in total. The normalized spacial score (nSPS) is 15.0. The summed E-state index contributed by atoms with van der Waals surface area (Å²) in [6.07, 6.45) is 0.545. The molecule has 10 heteroatoms. The van der Waals surface area contributed by atoms with Crippen LogP contribution in [0.15, 0.2) is 46.2 Å². The zero-order valence-electron chi connectivity index (χ0n) is 18.2. The van der Waals surface area contributed by atoms with Crippen LogP contribution in [0.4, 0.5) is 0 Å². The van der Waals surface area contributed by atoms with Crippen molar-refractivity contribution in [2.45, 2.75) is 36.6 Å². The van der Waals surface area contributed by atoms with Gasteiger partial charge in [0.15, 0.2) is 11.5 Å². The Hall–Kier alpha value is -2.14. The highest BCUT2D eigenvalue weighted by Crippen LogP contribution is 2.34. The largest absolute Gasteiger partial charge is 0.493 e. The summed E-state index contributed by atoms with van der Waals surface area (Å²) in [7, 11) is -4.32. The lowest BCUT2D eigenvalue weighted by Gasteiger charge is -2.29. The minimum Gasteiger partial charge on any atom is -0.493 e. The number of rotatable bonds is 8. The number of ether oxygens (including phenoxy) is 2. The van der Waals surface area contributed by atoms with Crippen molar-refractivity contribution in [1.82, 2.24) is 8.61 Å². The van der Waals surface area contributed by atoms with Gasteiger partial charge in [-0.2, -0.15) is 8.61 Å². The molecule has 8 nitrogen and oxygen atoms in total. The lowest BCUT2D eigenvalue weighted by atomic mass is 10.0. The van der Waals surface area contributed by atoms with Gasteiger partial charge in [-0.05, 0) is 53.9 Å². The van der Waals surface area contributed by atoms with Gasteiger partial charge in [0.2, 0.25) is 20.0 Å². The van der Waals surface area contributed by atoms with Gasteiger partial charge >= 0.3 is 0 Å². The van der Waals surface area contributed by atoms with Crippen LogP contribution >= 0.6 is 0 Å². The molecule has 0 spiro atoms. The monoisotopic (exact) mass is 468 g/mol. The molecule has 0 radical (unpaired) electrons. The van der Waals surface area contributed by atoms with Crippen LogP contribution in [-0.2, 0) is 33.0 Å². The maximum absolute atomic E-state index is 13.2. The van der Waals surface area contributed by atoms with Gasteiger partial charge < -0.3 is 9.47 Å². The quantitative estimate of drug-likeness (QED) is 0.591. The van der Waals surface area contributed by atoms with Crippen molar-refractivity contribution in [2.75, 3.05) is 33.9 Å². The second kappa shape index (κ2) is 9.15. The Labute approximate surface area is 184 Å². The number of hydrogen-bond acceptors (Lipinski definition) is 6. The molecule has 0 amide bonds. The van der Waals surface area contributed by atoms with E-state index in [0.717, 1.165) is 11.1 Å². The van der Waals surface area contributed by atoms with Crippen molar-refractivity contribution in [1.29, 1.82) is 0 Å². The van der Waals surface area contributed by atoms with Crippen LogP contribution in [0.1, 0.15) is 25.0 Å². The molecule has 0 saturated heterocycles. The molecule has 0 aliphatic carbocycles. The Morgan fingerprint density at radius 1 is 0.871 bits per heavy atom. The van der Waals surface area contributed by atoms with E-state index in [-0.39, 0.29) is 16.3 Å². The SMILES string of the molecule is CCN(CC)S(=O)(=O)c1ccc(S(=O)(=O)N2CCc3cc(OC)c(OC)cc3C2)cc1. The molecule has 0 bridgehead atoms. The summed E-state index contributed by atoms with van der Waals surface area (Å²) in [5.74, 6) is 1.16. The van der Waals surface area contributed by atoms with Gasteiger partial charge in [0.25, 0.3) is 0 Å². The molecule has 31 heavy (non-hydrogen) atoms. The number of sulfonamides is 2. The van der Waals surface area contributed by atoms with Crippen molar-refractivity contribution in [3.05, 3.63) is 47.5 Å². The summed E-state index contributed by atoms with van der Waals surface area (Å²) in [6.45, 7) is 4.75. The summed E-state index contributed by atoms with van der Waals surface area (Å²) in [5, 5.41) is 0. The lowest BCUT2D eigenvalue weighted by molar-refractivity contribution is 0.348. The summed E-state index contributed by atoms with van der Waals surface area (Å²) >= 11 is 0. The zero-order valence-corrected chi connectivity index (χ0v) is 19.8. The molecule has 0 unspecified atom stereocenters. The first-order chi connectivity index (χ1) is 14.7. The molecule has 2 aromatic carbocycles. The molecule has 170 valence electrons. The molecule has 0 atom stereocenters. The third-order valence-electron chi connectivity index (χ3n) is 5.49. The molecule has 0 saturated carbocycles. The highest BCUT2D eigenvalue weighted by molar-refractivity contribution is 7.89. The van der Waals surface area contributed by atoms with E-state index in [0.29, 0.717) is 37.6 Å². The molecule has 2 aromatic rings. The average molecular weight is 469 g/mol. The van der Waals surface area contributed by atoms with Crippen LogP contribution in [0.3, 0.4) is 0 Å². The predicted octanol–water partition coefficient (Wildman–Crippen LogP) is 2.48. The van der Waals surface area contributed by atoms with E-state index in [1.54, 1.807) is 27.0 Å². The third kappa shape index (κ3) is 4.43. The van der Waals surface area contributed by atoms with Crippen LogP contribution in [0.25, 0.3) is 0 Å². The maximum atomic E-state index is 13.2. The highest BCUT2D eigenvalue weighted by Gasteiger charge is 2.30. The van der Waals surface area contributed by atoms with E-state index < -0.39 is 20.0 Å². The second-order valence-electron chi connectivity index (χ2n) is 7.13. The number of benzene rings is 2. The van der Waals surface area contributed by atoms with Crippen molar-refractivity contribution in [3.63, 3.8) is 0 Å². The molecule has 3 rings (SSSR count). The van der Waals surface area contributed by atoms with Gasteiger partial charge in [-0.25, -0.2) is 16.8 Å². The molecule has 1 heterocycles. The second-order valence-corrected chi connectivity index (χ2v) is 11.0. The van der Waals surface area contributed by atoms with Crippen LogP contribution in [0.2, 0.25) is 0 Å².